The minimum absolute atomic E-state index is 0.335. The van der Waals surface area contributed by atoms with Crippen molar-refractivity contribution in [1.29, 1.82) is 0 Å². The third-order valence-electron chi connectivity index (χ3n) is 5.46. The predicted molar refractivity (Wildman–Crippen MR) is 136 cm³/mol. The summed E-state index contributed by atoms with van der Waals surface area (Å²) >= 11 is 7.66. The van der Waals surface area contributed by atoms with Crippen LogP contribution in [0.1, 0.15) is 37.4 Å². The minimum Gasteiger partial charge on any atom is -0.493 e. The van der Waals surface area contributed by atoms with E-state index >= 15 is 0 Å². The van der Waals surface area contributed by atoms with Crippen LogP contribution in [0.3, 0.4) is 0 Å². The number of esters is 1. The molecule has 0 fully saturated rings. The van der Waals surface area contributed by atoms with Crippen LogP contribution in [0.2, 0.25) is 5.02 Å². The molecular weight excluding hydrogens is 488 g/mol. The molecule has 184 valence electrons. The smallest absolute Gasteiger partial charge is 0.338 e. The number of allylic oxidation sites excluding steroid dienone is 1. The Labute approximate surface area is 213 Å². The number of benzene rings is 2. The van der Waals surface area contributed by atoms with E-state index < -0.39 is 12.0 Å². The molecule has 35 heavy (non-hydrogen) atoms. The van der Waals surface area contributed by atoms with Crippen molar-refractivity contribution >= 4 is 35.3 Å². The number of nitrogens with zero attached hydrogens (tertiary/aromatic N) is 3. The van der Waals surface area contributed by atoms with Gasteiger partial charge in [-0.05, 0) is 48.7 Å². The summed E-state index contributed by atoms with van der Waals surface area (Å²) in [5.74, 6) is 2.13. The molecule has 1 aromatic heterocycles. The molecule has 0 amide bonds. The van der Waals surface area contributed by atoms with Gasteiger partial charge in [-0.3, -0.25) is 0 Å². The van der Waals surface area contributed by atoms with Gasteiger partial charge in [0.05, 0.1) is 19.8 Å². The van der Waals surface area contributed by atoms with Gasteiger partial charge in [0.15, 0.2) is 11.5 Å². The van der Waals surface area contributed by atoms with E-state index in [1.54, 1.807) is 23.6 Å². The molecule has 0 spiro atoms. The summed E-state index contributed by atoms with van der Waals surface area (Å²) in [4.78, 5) is 17.4. The summed E-state index contributed by atoms with van der Waals surface area (Å²) in [6.45, 7) is 4.27. The minimum atomic E-state index is -0.543. The lowest BCUT2D eigenvalue weighted by Gasteiger charge is -2.28. The summed E-state index contributed by atoms with van der Waals surface area (Å²) in [5, 5.41) is 9.18. The number of thioether (sulfide) groups is 1. The van der Waals surface area contributed by atoms with Gasteiger partial charge in [0.1, 0.15) is 12.6 Å². The van der Waals surface area contributed by atoms with E-state index in [2.05, 4.69) is 22.3 Å². The van der Waals surface area contributed by atoms with Crippen LogP contribution in [0.25, 0.3) is 0 Å². The van der Waals surface area contributed by atoms with Gasteiger partial charge in [-0.2, -0.15) is 4.98 Å². The van der Waals surface area contributed by atoms with Crippen LogP contribution < -0.4 is 14.8 Å². The fraction of sp³-hybridized carbons (Fsp3) is 0.320. The predicted octanol–water partition coefficient (Wildman–Crippen LogP) is 5.48. The van der Waals surface area contributed by atoms with Crippen molar-refractivity contribution in [3.05, 3.63) is 69.9 Å². The van der Waals surface area contributed by atoms with E-state index in [9.17, 15) is 4.79 Å². The second-order valence-electron chi connectivity index (χ2n) is 7.90. The Bertz CT molecular complexity index is 1260. The second kappa shape index (κ2) is 11.0. The molecule has 1 aliphatic rings. The molecule has 0 bridgehead atoms. The Balaban J connectivity index is 1.70. The molecule has 8 nitrogen and oxygen atoms in total. The first-order chi connectivity index (χ1) is 16.9. The average Bonchev–Trinajstić information content (AvgIpc) is 3.27. The number of fused-ring (bicyclic) bond motifs is 1. The molecule has 0 radical (unpaired) electrons. The largest absolute Gasteiger partial charge is 0.493 e. The fourth-order valence-corrected chi connectivity index (χ4v) is 4.73. The molecule has 0 aliphatic carbocycles. The Morgan fingerprint density at radius 3 is 2.74 bits per heavy atom. The van der Waals surface area contributed by atoms with Crippen molar-refractivity contribution in [3.8, 4) is 11.5 Å². The van der Waals surface area contributed by atoms with Crippen LogP contribution in [0.4, 0.5) is 5.95 Å². The van der Waals surface area contributed by atoms with E-state index in [-0.39, 0.29) is 0 Å². The van der Waals surface area contributed by atoms with E-state index in [0.717, 1.165) is 23.3 Å². The van der Waals surface area contributed by atoms with Gasteiger partial charge in [-0.15, -0.1) is 5.10 Å². The van der Waals surface area contributed by atoms with Crippen molar-refractivity contribution < 1.29 is 19.0 Å². The first-order valence-electron chi connectivity index (χ1n) is 11.2. The van der Waals surface area contributed by atoms with Gasteiger partial charge in [0.25, 0.3) is 0 Å². The van der Waals surface area contributed by atoms with Crippen molar-refractivity contribution in [1.82, 2.24) is 14.8 Å². The van der Waals surface area contributed by atoms with Crippen LogP contribution in [0, 0.1) is 0 Å². The second-order valence-corrected chi connectivity index (χ2v) is 9.40. The lowest BCUT2D eigenvalue weighted by Crippen LogP contribution is -2.29. The van der Waals surface area contributed by atoms with Gasteiger partial charge in [0, 0.05) is 16.5 Å². The maximum absolute atomic E-state index is 12.8. The Kier molecular flexibility index (Phi) is 7.87. The molecule has 1 N–H and O–H groups in total. The molecule has 0 saturated heterocycles. The monoisotopic (exact) mass is 514 g/mol. The van der Waals surface area contributed by atoms with Crippen molar-refractivity contribution in [3.63, 3.8) is 0 Å². The number of carbonyl (C=O) groups is 1. The average molecular weight is 515 g/mol. The number of halogens is 1. The number of methoxy groups -OCH3 is 2. The maximum Gasteiger partial charge on any atom is 0.338 e. The zero-order valence-corrected chi connectivity index (χ0v) is 21.6. The summed E-state index contributed by atoms with van der Waals surface area (Å²) < 4.78 is 18.5. The topological polar surface area (TPSA) is 87.5 Å². The van der Waals surface area contributed by atoms with Crippen LogP contribution in [-0.4, -0.2) is 40.7 Å². The van der Waals surface area contributed by atoms with Gasteiger partial charge < -0.3 is 19.5 Å². The molecule has 3 aromatic rings. The molecule has 10 heteroatoms. The molecule has 2 heterocycles. The Morgan fingerprint density at radius 2 is 2.03 bits per heavy atom. The van der Waals surface area contributed by atoms with E-state index in [1.807, 2.05) is 49.4 Å². The van der Waals surface area contributed by atoms with Crippen LogP contribution >= 0.6 is 23.4 Å². The molecular formula is C25H27ClN4O4S. The molecule has 0 saturated carbocycles. The van der Waals surface area contributed by atoms with Gasteiger partial charge >= 0.3 is 5.97 Å². The van der Waals surface area contributed by atoms with Crippen molar-refractivity contribution in [2.45, 2.75) is 38.1 Å². The Morgan fingerprint density at radius 1 is 1.20 bits per heavy atom. The normalized spacial score (nSPS) is 14.8. The first-order valence-corrected chi connectivity index (χ1v) is 12.5. The zero-order chi connectivity index (χ0) is 24.9. The number of hydrogen-bond donors (Lipinski definition) is 1. The van der Waals surface area contributed by atoms with E-state index in [1.165, 1.54) is 7.11 Å². The van der Waals surface area contributed by atoms with Gasteiger partial charge in [0.2, 0.25) is 11.1 Å². The lowest BCUT2D eigenvalue weighted by atomic mass is 9.95. The molecule has 2 aromatic carbocycles. The van der Waals surface area contributed by atoms with Crippen LogP contribution in [0.5, 0.6) is 11.5 Å². The highest BCUT2D eigenvalue weighted by molar-refractivity contribution is 7.99. The van der Waals surface area contributed by atoms with E-state index in [0.29, 0.717) is 45.5 Å². The number of aromatic nitrogens is 3. The highest BCUT2D eigenvalue weighted by atomic mass is 35.5. The molecule has 4 rings (SSSR count). The molecule has 1 unspecified atom stereocenters. The van der Waals surface area contributed by atoms with Crippen molar-refractivity contribution in [2.24, 2.45) is 0 Å². The van der Waals surface area contributed by atoms with E-state index in [4.69, 9.17) is 25.8 Å². The Hall–Kier alpha value is -3.17. The summed E-state index contributed by atoms with van der Waals surface area (Å²) in [6.07, 6.45) is 1.00. The summed E-state index contributed by atoms with van der Waals surface area (Å²) in [5.41, 5.74) is 2.84. The van der Waals surface area contributed by atoms with Gasteiger partial charge in [-0.1, -0.05) is 48.5 Å². The summed E-state index contributed by atoms with van der Waals surface area (Å²) in [6, 6.07) is 12.5. The fourth-order valence-electron chi connectivity index (χ4n) is 3.83. The van der Waals surface area contributed by atoms with Gasteiger partial charge in [-0.25, -0.2) is 9.48 Å². The standard InChI is InChI=1S/C25H27ClN4O4S/c1-5-11-35-25-28-24-27-15(2)21(23(31)33-4)22(30(24)29-25)17-9-10-19(20(13-17)32-3)34-14-16-7-6-8-18(26)12-16/h6-10,12-13,22H,5,11,14H2,1-4H3,(H,27,28,29). The van der Waals surface area contributed by atoms with Crippen LogP contribution in [0.15, 0.2) is 58.9 Å². The number of hydrogen-bond acceptors (Lipinski definition) is 8. The summed E-state index contributed by atoms with van der Waals surface area (Å²) in [7, 11) is 2.95. The van der Waals surface area contributed by atoms with Crippen molar-refractivity contribution in [2.75, 3.05) is 25.3 Å². The number of anilines is 1. The quantitative estimate of drug-likeness (QED) is 0.296. The molecule has 1 atom stereocenters. The molecule has 1 aliphatic heterocycles. The third-order valence-corrected chi connectivity index (χ3v) is 6.74. The highest BCUT2D eigenvalue weighted by Gasteiger charge is 2.35. The number of rotatable bonds is 9. The highest BCUT2D eigenvalue weighted by Crippen LogP contribution is 2.40. The number of nitrogens with one attached hydrogen (secondary N) is 1. The zero-order valence-electron chi connectivity index (χ0n) is 20.0. The first kappa shape index (κ1) is 24.9. The number of carbonyl (C=O) groups excluding carboxylic acids is 1. The van der Waals surface area contributed by atoms with Crippen LogP contribution in [-0.2, 0) is 16.1 Å². The SMILES string of the molecule is CCCSc1nc2n(n1)C(c1ccc(OCc3cccc(Cl)c3)c(OC)c1)C(C(=O)OC)=C(C)N2. The number of ether oxygens (including phenoxy) is 3. The third kappa shape index (κ3) is 5.41. The lowest BCUT2D eigenvalue weighted by molar-refractivity contribution is -0.136. The maximum atomic E-state index is 12.8.